The summed E-state index contributed by atoms with van der Waals surface area (Å²) in [6, 6.07) is 3.77. The van der Waals surface area contributed by atoms with E-state index in [4.69, 9.17) is 0 Å². The van der Waals surface area contributed by atoms with Crippen LogP contribution < -0.4 is 0 Å². The van der Waals surface area contributed by atoms with Crippen molar-refractivity contribution in [2.24, 2.45) is 5.92 Å². The molecule has 23 heavy (non-hydrogen) atoms. The second-order valence-corrected chi connectivity index (χ2v) is 5.61. The Morgan fingerprint density at radius 2 is 1.96 bits per heavy atom. The van der Waals surface area contributed by atoms with Crippen molar-refractivity contribution < 1.29 is 28.5 Å². The third kappa shape index (κ3) is 3.81. The van der Waals surface area contributed by atoms with Crippen LogP contribution in [0.4, 0.5) is 5.69 Å². The molecular weight excluding hydrogens is 326 g/mol. The minimum atomic E-state index is -1.43. The van der Waals surface area contributed by atoms with Gasteiger partial charge < -0.3 is 0 Å². The summed E-state index contributed by atoms with van der Waals surface area (Å²) in [7, 11) is 1.28. The van der Waals surface area contributed by atoms with Crippen LogP contribution in [-0.2, 0) is 18.8 Å². The van der Waals surface area contributed by atoms with Crippen LogP contribution in [0.5, 0.6) is 0 Å². The maximum absolute atomic E-state index is 12.5. The van der Waals surface area contributed by atoms with Crippen LogP contribution in [0.15, 0.2) is 23.1 Å². The molecule has 1 fully saturated rings. The summed E-state index contributed by atoms with van der Waals surface area (Å²) in [5, 5.41) is 11.2. The van der Waals surface area contributed by atoms with Crippen molar-refractivity contribution in [2.45, 2.75) is 24.2 Å². The first-order valence-electron chi connectivity index (χ1n) is 6.71. The number of ketones is 3. The SMILES string of the molecule is COOSc1ccc(C(=O)C2C(=O)CCCC2=O)c([N+](=O)[O-])c1. The van der Waals surface area contributed by atoms with E-state index in [0.29, 0.717) is 11.3 Å². The fourth-order valence-corrected chi connectivity index (χ4v) is 2.78. The molecule has 1 saturated carbocycles. The smallest absolute Gasteiger partial charge is 0.281 e. The lowest BCUT2D eigenvalue weighted by molar-refractivity contribution is -0.385. The molecule has 0 atom stereocenters. The predicted molar refractivity (Wildman–Crippen MR) is 78.7 cm³/mol. The molecule has 0 N–H and O–H groups in total. The molecule has 0 bridgehead atoms. The number of nitro benzene ring substituents is 1. The molecule has 0 unspecified atom stereocenters. The van der Waals surface area contributed by atoms with Gasteiger partial charge in [0.2, 0.25) is 0 Å². The average molecular weight is 339 g/mol. The highest BCUT2D eigenvalue weighted by Gasteiger charge is 2.39. The zero-order valence-corrected chi connectivity index (χ0v) is 13.0. The lowest BCUT2D eigenvalue weighted by atomic mass is 9.81. The van der Waals surface area contributed by atoms with Gasteiger partial charge in [0, 0.05) is 23.8 Å². The molecule has 0 spiro atoms. The molecule has 2 rings (SSSR count). The van der Waals surface area contributed by atoms with E-state index in [1.54, 1.807) is 0 Å². The zero-order chi connectivity index (χ0) is 17.0. The Bertz CT molecular complexity index is 657. The van der Waals surface area contributed by atoms with Gasteiger partial charge in [0.05, 0.1) is 29.6 Å². The lowest BCUT2D eigenvalue weighted by Gasteiger charge is -2.18. The van der Waals surface area contributed by atoms with Crippen LogP contribution >= 0.6 is 12.0 Å². The Labute approximate surface area is 135 Å². The summed E-state index contributed by atoms with van der Waals surface area (Å²) >= 11 is 0.737. The van der Waals surface area contributed by atoms with Crippen molar-refractivity contribution in [3.63, 3.8) is 0 Å². The summed E-state index contributed by atoms with van der Waals surface area (Å²) in [6.45, 7) is 0. The van der Waals surface area contributed by atoms with Crippen molar-refractivity contribution in [2.75, 3.05) is 7.11 Å². The summed E-state index contributed by atoms with van der Waals surface area (Å²) in [5.74, 6) is -3.23. The van der Waals surface area contributed by atoms with E-state index in [2.05, 4.69) is 9.22 Å². The second kappa shape index (κ2) is 7.44. The summed E-state index contributed by atoms with van der Waals surface area (Å²) in [6.07, 6.45) is 0.671. The van der Waals surface area contributed by atoms with Gasteiger partial charge in [0.25, 0.3) is 5.69 Å². The molecule has 9 heteroatoms. The van der Waals surface area contributed by atoms with Crippen molar-refractivity contribution in [1.82, 2.24) is 0 Å². The van der Waals surface area contributed by atoms with Gasteiger partial charge in [-0.3, -0.25) is 24.5 Å². The maximum Gasteiger partial charge on any atom is 0.281 e. The topological polar surface area (TPSA) is 113 Å². The Balaban J connectivity index is 2.37. The summed E-state index contributed by atoms with van der Waals surface area (Å²) < 4.78 is 4.61. The Hall–Kier alpha value is -2.10. The molecule has 1 aromatic rings. The average Bonchev–Trinajstić information content (AvgIpc) is 2.52. The van der Waals surface area contributed by atoms with E-state index in [0.717, 1.165) is 18.1 Å². The third-order valence-corrected chi connectivity index (χ3v) is 4.03. The van der Waals surface area contributed by atoms with Crippen molar-refractivity contribution in [3.8, 4) is 0 Å². The molecule has 1 aromatic carbocycles. The first-order chi connectivity index (χ1) is 11.0. The largest absolute Gasteiger partial charge is 0.298 e. The zero-order valence-electron chi connectivity index (χ0n) is 12.1. The third-order valence-electron chi connectivity index (χ3n) is 3.38. The van der Waals surface area contributed by atoms with Gasteiger partial charge in [-0.05, 0) is 18.6 Å². The molecule has 1 aliphatic rings. The molecule has 0 saturated heterocycles. The minimum Gasteiger partial charge on any atom is -0.298 e. The molecule has 0 amide bonds. The maximum atomic E-state index is 12.5. The standard InChI is InChI=1S/C14H13NO7S/c1-21-22-23-8-5-6-9(10(7-8)15(19)20)14(18)13-11(16)3-2-4-12(13)17/h5-7,13H,2-4H2,1H3. The quantitative estimate of drug-likeness (QED) is 0.194. The number of rotatable bonds is 6. The van der Waals surface area contributed by atoms with Crippen LogP contribution in [-0.4, -0.2) is 29.4 Å². The van der Waals surface area contributed by atoms with E-state index in [9.17, 15) is 24.5 Å². The number of Topliss-reactive ketones (excluding diaryl/α,β-unsaturated/α-hetero) is 3. The lowest BCUT2D eigenvalue weighted by Crippen LogP contribution is -2.35. The second-order valence-electron chi connectivity index (χ2n) is 4.84. The predicted octanol–water partition coefficient (Wildman–Crippen LogP) is 2.30. The van der Waals surface area contributed by atoms with Crippen molar-refractivity contribution in [1.29, 1.82) is 0 Å². The highest BCUT2D eigenvalue weighted by Crippen LogP contribution is 2.30. The fourth-order valence-electron chi connectivity index (χ4n) is 2.35. The fraction of sp³-hybridized carbons (Fsp3) is 0.357. The molecule has 8 nitrogen and oxygen atoms in total. The number of carbonyl (C=O) groups excluding carboxylic acids is 3. The van der Waals surface area contributed by atoms with Gasteiger partial charge >= 0.3 is 0 Å². The number of carbonyl (C=O) groups is 3. The number of nitro groups is 1. The molecule has 0 aromatic heterocycles. The highest BCUT2D eigenvalue weighted by atomic mass is 32.2. The summed E-state index contributed by atoms with van der Waals surface area (Å²) in [4.78, 5) is 51.4. The minimum absolute atomic E-state index is 0.131. The number of benzene rings is 1. The van der Waals surface area contributed by atoms with Gasteiger partial charge in [-0.25, -0.2) is 4.89 Å². The monoisotopic (exact) mass is 339 g/mol. The molecule has 0 radical (unpaired) electrons. The van der Waals surface area contributed by atoms with Crippen molar-refractivity contribution in [3.05, 3.63) is 33.9 Å². The van der Waals surface area contributed by atoms with Crippen LogP contribution in [0.3, 0.4) is 0 Å². The number of nitrogens with zero attached hydrogens (tertiary/aromatic N) is 1. The highest BCUT2D eigenvalue weighted by molar-refractivity contribution is 7.94. The molecule has 1 aliphatic carbocycles. The normalized spacial score (nSPS) is 15.7. The Kier molecular flexibility index (Phi) is 5.59. The van der Waals surface area contributed by atoms with Gasteiger partial charge in [-0.1, -0.05) is 0 Å². The Morgan fingerprint density at radius 3 is 2.52 bits per heavy atom. The molecular formula is C14H13NO7S. The van der Waals surface area contributed by atoms with Gasteiger partial charge in [-0.2, -0.15) is 4.33 Å². The van der Waals surface area contributed by atoms with Crippen LogP contribution in [0.2, 0.25) is 0 Å². The van der Waals surface area contributed by atoms with Gasteiger partial charge in [0.1, 0.15) is 5.92 Å². The van der Waals surface area contributed by atoms with E-state index in [-0.39, 0.29) is 18.4 Å². The summed E-state index contributed by atoms with van der Waals surface area (Å²) in [5.41, 5.74) is -0.740. The molecule has 0 aliphatic heterocycles. The molecule has 0 heterocycles. The first kappa shape index (κ1) is 17.3. The van der Waals surface area contributed by atoms with Crippen LogP contribution in [0.25, 0.3) is 0 Å². The van der Waals surface area contributed by atoms with Gasteiger partial charge in [-0.15, -0.1) is 0 Å². The van der Waals surface area contributed by atoms with Gasteiger partial charge in [0.15, 0.2) is 17.3 Å². The first-order valence-corrected chi connectivity index (χ1v) is 7.45. The molecule has 122 valence electrons. The van der Waals surface area contributed by atoms with Crippen LogP contribution in [0.1, 0.15) is 29.6 Å². The number of hydrogen-bond donors (Lipinski definition) is 0. The van der Waals surface area contributed by atoms with E-state index in [1.165, 1.54) is 19.2 Å². The van der Waals surface area contributed by atoms with E-state index < -0.39 is 33.9 Å². The van der Waals surface area contributed by atoms with E-state index in [1.807, 2.05) is 0 Å². The van der Waals surface area contributed by atoms with Crippen molar-refractivity contribution >= 4 is 35.1 Å². The Morgan fingerprint density at radius 1 is 1.30 bits per heavy atom. The van der Waals surface area contributed by atoms with E-state index >= 15 is 0 Å². The van der Waals surface area contributed by atoms with Crippen LogP contribution in [0, 0.1) is 16.0 Å². The number of hydrogen-bond acceptors (Lipinski definition) is 8.